The maximum Gasteiger partial charge on any atom is 0.330 e. The van der Waals surface area contributed by atoms with Crippen molar-refractivity contribution < 1.29 is 33.7 Å². The van der Waals surface area contributed by atoms with E-state index in [1.54, 1.807) is 12.1 Å². The van der Waals surface area contributed by atoms with Gasteiger partial charge in [-0.05, 0) is 17.7 Å². The van der Waals surface area contributed by atoms with E-state index in [1.807, 2.05) is 0 Å². The van der Waals surface area contributed by atoms with E-state index in [2.05, 4.69) is 11.4 Å². The topological polar surface area (TPSA) is 140 Å². The van der Waals surface area contributed by atoms with Gasteiger partial charge in [-0.1, -0.05) is 18.7 Å². The molecule has 0 saturated heterocycles. The molecule has 27 heavy (non-hydrogen) atoms. The van der Waals surface area contributed by atoms with E-state index in [1.165, 1.54) is 19.2 Å². The van der Waals surface area contributed by atoms with Crippen molar-refractivity contribution in [1.82, 2.24) is 0 Å². The second-order valence-corrected chi connectivity index (χ2v) is 4.93. The number of carbonyl (C=O) groups is 2. The lowest BCUT2D eigenvalue weighted by Crippen LogP contribution is -2.27. The number of methoxy groups -OCH3 is 1. The Bertz CT molecular complexity index is 638. The third-order valence-corrected chi connectivity index (χ3v) is 3.26. The summed E-state index contributed by atoms with van der Waals surface area (Å²) >= 11 is 0. The Balaban J connectivity index is 0.00000676. The molecule has 0 spiro atoms. The summed E-state index contributed by atoms with van der Waals surface area (Å²) in [7, 11) is 1.38. The number of halogens is 1. The highest BCUT2D eigenvalue weighted by molar-refractivity contribution is 5.85. The molecule has 1 rings (SSSR count). The summed E-state index contributed by atoms with van der Waals surface area (Å²) in [4.78, 5) is 37.4. The summed E-state index contributed by atoms with van der Waals surface area (Å²) in [5, 5.41) is 9.36. The molecule has 1 aromatic rings. The number of rotatable bonds is 11. The van der Waals surface area contributed by atoms with Crippen molar-refractivity contribution in [3.8, 4) is 5.75 Å². The number of nitrogens with two attached hydrogens (primary N) is 1. The largest absolute Gasteiger partial charge is 0.452 e. The molecule has 2 atom stereocenters. The Morgan fingerprint density at radius 2 is 1.96 bits per heavy atom. The predicted molar refractivity (Wildman–Crippen MR) is 95.8 cm³/mol. The fourth-order valence-corrected chi connectivity index (χ4v) is 2.07. The number of esters is 2. The van der Waals surface area contributed by atoms with Gasteiger partial charge in [0, 0.05) is 19.6 Å². The SMILES string of the molecule is C=CC(=O)OC(c1ccc(OC(=O)CN)cc1)C(CCO[N+](=O)[O-])OC.Cl. The van der Waals surface area contributed by atoms with Crippen LogP contribution in [0.4, 0.5) is 0 Å². The molecule has 0 heterocycles. The van der Waals surface area contributed by atoms with E-state index in [9.17, 15) is 19.7 Å². The summed E-state index contributed by atoms with van der Waals surface area (Å²) in [5.41, 5.74) is 5.70. The zero-order valence-electron chi connectivity index (χ0n) is 14.6. The third-order valence-electron chi connectivity index (χ3n) is 3.26. The van der Waals surface area contributed by atoms with Crippen molar-refractivity contribution in [2.45, 2.75) is 18.6 Å². The molecule has 0 aliphatic heterocycles. The second kappa shape index (κ2) is 12.6. The lowest BCUT2D eigenvalue weighted by molar-refractivity contribution is -0.758. The van der Waals surface area contributed by atoms with Crippen LogP contribution in [-0.2, 0) is 23.9 Å². The molecular weight excluding hydrogens is 384 g/mol. The Morgan fingerprint density at radius 1 is 1.33 bits per heavy atom. The summed E-state index contributed by atoms with van der Waals surface area (Å²) in [6.07, 6.45) is -0.502. The minimum atomic E-state index is -0.919. The molecule has 2 N–H and O–H groups in total. The first-order valence-electron chi connectivity index (χ1n) is 7.55. The molecule has 0 fully saturated rings. The molecule has 11 heteroatoms. The molecule has 1 aromatic carbocycles. The van der Waals surface area contributed by atoms with E-state index < -0.39 is 29.2 Å². The lowest BCUT2D eigenvalue weighted by Gasteiger charge is -2.26. The average molecular weight is 405 g/mol. The minimum absolute atomic E-state index is 0. The Labute approximate surface area is 161 Å². The van der Waals surface area contributed by atoms with Crippen molar-refractivity contribution in [2.24, 2.45) is 5.73 Å². The van der Waals surface area contributed by atoms with Crippen LogP contribution in [0.25, 0.3) is 0 Å². The van der Waals surface area contributed by atoms with Gasteiger partial charge in [-0.2, -0.15) is 0 Å². The molecule has 0 aromatic heterocycles. The lowest BCUT2D eigenvalue weighted by atomic mass is 10.0. The Morgan fingerprint density at radius 3 is 2.44 bits per heavy atom. The van der Waals surface area contributed by atoms with Gasteiger partial charge in [-0.3, -0.25) is 4.79 Å². The minimum Gasteiger partial charge on any atom is -0.452 e. The van der Waals surface area contributed by atoms with E-state index in [0.29, 0.717) is 5.56 Å². The fraction of sp³-hybridized carbons (Fsp3) is 0.375. The van der Waals surface area contributed by atoms with Crippen LogP contribution in [0.2, 0.25) is 0 Å². The van der Waals surface area contributed by atoms with Crippen LogP contribution in [0, 0.1) is 10.1 Å². The highest BCUT2D eigenvalue weighted by atomic mass is 35.5. The van der Waals surface area contributed by atoms with Gasteiger partial charge in [0.05, 0.1) is 13.2 Å². The summed E-state index contributed by atoms with van der Waals surface area (Å²) in [6.45, 7) is 2.84. The quantitative estimate of drug-likeness (QED) is 0.190. The van der Waals surface area contributed by atoms with Crippen molar-refractivity contribution in [3.63, 3.8) is 0 Å². The molecular formula is C16H21ClN2O8. The van der Waals surface area contributed by atoms with Gasteiger partial charge >= 0.3 is 11.9 Å². The number of hydrogen-bond acceptors (Lipinski definition) is 9. The Hall–Kier alpha value is -2.69. The maximum atomic E-state index is 11.6. The third kappa shape index (κ3) is 8.49. The zero-order chi connectivity index (χ0) is 19.5. The van der Waals surface area contributed by atoms with Crippen molar-refractivity contribution in [3.05, 3.63) is 52.6 Å². The van der Waals surface area contributed by atoms with Crippen LogP contribution in [0.3, 0.4) is 0 Å². The Kier molecular flexibility index (Phi) is 11.4. The standard InChI is InChI=1S/C16H20N2O8.ClH/c1-3-14(19)26-16(13(23-2)8-9-24-18(21)22)11-4-6-12(7-5-11)25-15(20)10-17;/h3-7,13,16H,1,8-10,17H2,2H3;1H. The molecule has 0 saturated carbocycles. The predicted octanol–water partition coefficient (Wildman–Crippen LogP) is 1.36. The van der Waals surface area contributed by atoms with E-state index in [0.717, 1.165) is 6.08 Å². The number of benzene rings is 1. The first kappa shape index (κ1) is 24.3. The van der Waals surface area contributed by atoms with Crippen LogP contribution < -0.4 is 10.5 Å². The van der Waals surface area contributed by atoms with E-state index in [-0.39, 0.29) is 37.7 Å². The molecule has 0 aliphatic rings. The normalized spacial score (nSPS) is 12.1. The van der Waals surface area contributed by atoms with Gasteiger partial charge in [0.25, 0.3) is 5.09 Å². The summed E-state index contributed by atoms with van der Waals surface area (Å²) in [6, 6.07) is 6.14. The van der Waals surface area contributed by atoms with E-state index in [4.69, 9.17) is 19.9 Å². The molecule has 2 unspecified atom stereocenters. The second-order valence-electron chi connectivity index (χ2n) is 4.93. The molecule has 0 amide bonds. The van der Waals surface area contributed by atoms with Gasteiger partial charge in [0.2, 0.25) is 0 Å². The molecule has 0 radical (unpaired) electrons. The van der Waals surface area contributed by atoms with Gasteiger partial charge in [-0.15, -0.1) is 22.5 Å². The van der Waals surface area contributed by atoms with Crippen LogP contribution in [0.5, 0.6) is 5.75 Å². The first-order valence-corrected chi connectivity index (χ1v) is 7.55. The summed E-state index contributed by atoms with van der Waals surface area (Å²) in [5.74, 6) is -1.02. The summed E-state index contributed by atoms with van der Waals surface area (Å²) < 4.78 is 15.6. The molecule has 10 nitrogen and oxygen atoms in total. The average Bonchev–Trinajstić information content (AvgIpc) is 2.64. The van der Waals surface area contributed by atoms with Crippen LogP contribution >= 0.6 is 12.4 Å². The number of ether oxygens (including phenoxy) is 3. The van der Waals surface area contributed by atoms with Gasteiger partial charge in [0.1, 0.15) is 11.9 Å². The van der Waals surface area contributed by atoms with Crippen molar-refractivity contribution in [1.29, 1.82) is 0 Å². The van der Waals surface area contributed by atoms with Crippen LogP contribution in [0.15, 0.2) is 36.9 Å². The molecule has 0 aliphatic carbocycles. The zero-order valence-corrected chi connectivity index (χ0v) is 15.4. The highest BCUT2D eigenvalue weighted by Crippen LogP contribution is 2.27. The fourth-order valence-electron chi connectivity index (χ4n) is 2.07. The number of hydrogen-bond donors (Lipinski definition) is 1. The van der Waals surface area contributed by atoms with Crippen LogP contribution in [0.1, 0.15) is 18.1 Å². The monoisotopic (exact) mass is 404 g/mol. The van der Waals surface area contributed by atoms with E-state index >= 15 is 0 Å². The van der Waals surface area contributed by atoms with Gasteiger partial charge < -0.3 is 24.8 Å². The molecule has 150 valence electrons. The van der Waals surface area contributed by atoms with Gasteiger partial charge in [-0.25, -0.2) is 4.79 Å². The maximum absolute atomic E-state index is 11.6. The highest BCUT2D eigenvalue weighted by Gasteiger charge is 2.27. The van der Waals surface area contributed by atoms with Crippen molar-refractivity contribution >= 4 is 24.3 Å². The molecule has 0 bridgehead atoms. The van der Waals surface area contributed by atoms with Crippen molar-refractivity contribution in [2.75, 3.05) is 20.3 Å². The number of carbonyl (C=O) groups excluding carboxylic acids is 2. The first-order chi connectivity index (χ1) is 12.4. The number of nitrogens with zero attached hydrogens (tertiary/aromatic N) is 1. The van der Waals surface area contributed by atoms with Crippen LogP contribution in [-0.4, -0.2) is 43.4 Å². The smallest absolute Gasteiger partial charge is 0.330 e. The van der Waals surface area contributed by atoms with Gasteiger partial charge in [0.15, 0.2) is 6.10 Å².